The van der Waals surface area contributed by atoms with Crippen LogP contribution in [0.25, 0.3) is 10.9 Å². The molecule has 2 atom stereocenters. The minimum absolute atomic E-state index is 0.118. The summed E-state index contributed by atoms with van der Waals surface area (Å²) in [5.41, 5.74) is -2.40. The van der Waals surface area contributed by atoms with Gasteiger partial charge in [-0.3, -0.25) is 9.48 Å². The normalized spacial score (nSPS) is 26.9. The Balaban J connectivity index is 1.67. The van der Waals surface area contributed by atoms with E-state index in [4.69, 9.17) is 0 Å². The average Bonchev–Trinajstić information content (AvgIpc) is 3.00. The van der Waals surface area contributed by atoms with Gasteiger partial charge in [0.2, 0.25) is 11.5 Å². The molecule has 31 heavy (non-hydrogen) atoms. The number of amides is 1. The zero-order chi connectivity index (χ0) is 22.9. The molecule has 4 rings (SSSR count). The van der Waals surface area contributed by atoms with Crippen molar-refractivity contribution >= 4 is 16.8 Å². The number of phenolic OH excluding ortho intramolecular Hbond substituents is 4. The highest BCUT2D eigenvalue weighted by atomic mass is 16.7. The first-order valence-corrected chi connectivity index (χ1v) is 9.67. The summed E-state index contributed by atoms with van der Waals surface area (Å²) in [4.78, 5) is 14.1. The number of nitrogens with zero attached hydrogens (tertiary/aromatic N) is 3. The van der Waals surface area contributed by atoms with Crippen molar-refractivity contribution in [2.75, 3.05) is 0 Å². The molecule has 0 saturated carbocycles. The van der Waals surface area contributed by atoms with Crippen molar-refractivity contribution in [2.24, 2.45) is 7.05 Å². The summed E-state index contributed by atoms with van der Waals surface area (Å²) < 4.78 is 1.03. The molecular formula is C18H24N4O9. The maximum atomic E-state index is 13.0. The Bertz CT molecular complexity index is 1050. The van der Waals surface area contributed by atoms with Crippen LogP contribution in [-0.2, 0) is 7.05 Å². The van der Waals surface area contributed by atoms with E-state index in [0.29, 0.717) is 12.8 Å². The summed E-state index contributed by atoms with van der Waals surface area (Å²) in [6, 6.07) is -1.26. The highest BCUT2D eigenvalue weighted by molar-refractivity contribution is 6.10. The van der Waals surface area contributed by atoms with Crippen molar-refractivity contribution in [3.8, 4) is 23.0 Å². The molecule has 2 aliphatic rings. The molecule has 0 spiro atoms. The molecule has 2 aliphatic heterocycles. The van der Waals surface area contributed by atoms with Crippen molar-refractivity contribution in [3.63, 3.8) is 0 Å². The number of carbonyl (C=O) groups excluding carboxylic acids is 1. The van der Waals surface area contributed by atoms with E-state index in [0.717, 1.165) is 16.0 Å². The van der Waals surface area contributed by atoms with E-state index < -0.39 is 58.5 Å². The van der Waals surface area contributed by atoms with Gasteiger partial charge in [-0.1, -0.05) is 6.42 Å². The van der Waals surface area contributed by atoms with Crippen LogP contribution in [0.2, 0.25) is 0 Å². The Kier molecular flexibility index (Phi) is 4.71. The number of phenols is 4. The molecule has 2 fully saturated rings. The lowest BCUT2D eigenvalue weighted by atomic mass is 9.79. The second-order valence-electron chi connectivity index (χ2n) is 8.23. The van der Waals surface area contributed by atoms with Crippen LogP contribution in [0.3, 0.4) is 0 Å². The van der Waals surface area contributed by atoms with Gasteiger partial charge < -0.3 is 46.2 Å². The number of aliphatic hydroxyl groups is 4. The van der Waals surface area contributed by atoms with Gasteiger partial charge in [-0.15, -0.1) is 0 Å². The second kappa shape index (κ2) is 6.83. The van der Waals surface area contributed by atoms with Crippen LogP contribution in [0.15, 0.2) is 0 Å². The van der Waals surface area contributed by atoms with Gasteiger partial charge in [-0.25, -0.2) is 4.90 Å². The minimum atomic E-state index is -3.05. The smallest absolute Gasteiger partial charge is 0.346 e. The molecule has 3 heterocycles. The van der Waals surface area contributed by atoms with Crippen LogP contribution in [-0.4, -0.2) is 85.3 Å². The number of piperidine rings is 2. The number of aryl methyl sites for hydroxylation is 1. The summed E-state index contributed by atoms with van der Waals surface area (Å²) >= 11 is 0. The highest BCUT2D eigenvalue weighted by Gasteiger charge is 2.52. The SMILES string of the molecule is Cn1nc(C(=O)NC2(O)CC3CCCC(C2)N3C(O)(O)O)c2c(O)c(O)c(O)c(O)c21. The number of hydrogen-bond donors (Lipinski definition) is 9. The maximum Gasteiger partial charge on any atom is 0.346 e. The van der Waals surface area contributed by atoms with E-state index in [1.165, 1.54) is 7.05 Å². The molecule has 2 unspecified atom stereocenters. The lowest BCUT2D eigenvalue weighted by Gasteiger charge is -2.53. The first kappa shape index (κ1) is 21.4. The lowest BCUT2D eigenvalue weighted by Crippen LogP contribution is -2.69. The van der Waals surface area contributed by atoms with Gasteiger partial charge in [-0.05, 0) is 12.8 Å². The van der Waals surface area contributed by atoms with E-state index in [9.17, 15) is 45.6 Å². The van der Waals surface area contributed by atoms with Crippen molar-refractivity contribution in [2.45, 2.75) is 56.0 Å². The maximum absolute atomic E-state index is 13.0. The van der Waals surface area contributed by atoms with Gasteiger partial charge in [0, 0.05) is 32.0 Å². The Morgan fingerprint density at radius 3 is 2.13 bits per heavy atom. The van der Waals surface area contributed by atoms with Gasteiger partial charge in [0.05, 0.1) is 5.39 Å². The first-order chi connectivity index (χ1) is 14.3. The number of hydrogen-bond acceptors (Lipinski definition) is 11. The number of benzene rings is 1. The second-order valence-corrected chi connectivity index (χ2v) is 8.23. The van der Waals surface area contributed by atoms with Crippen LogP contribution in [0.5, 0.6) is 23.0 Å². The van der Waals surface area contributed by atoms with E-state index in [1.54, 1.807) is 0 Å². The summed E-state index contributed by atoms with van der Waals surface area (Å²) in [5.74, 6) is -4.58. The fraction of sp³-hybridized carbons (Fsp3) is 0.556. The van der Waals surface area contributed by atoms with E-state index in [2.05, 4.69) is 10.4 Å². The molecule has 170 valence electrons. The van der Waals surface area contributed by atoms with Crippen LogP contribution < -0.4 is 5.32 Å². The van der Waals surface area contributed by atoms with Crippen molar-refractivity contribution in [3.05, 3.63) is 5.69 Å². The van der Waals surface area contributed by atoms with E-state index in [-0.39, 0.29) is 23.7 Å². The number of rotatable bonds is 3. The molecule has 0 radical (unpaired) electrons. The zero-order valence-electron chi connectivity index (χ0n) is 16.5. The summed E-state index contributed by atoms with van der Waals surface area (Å²) in [5, 5.41) is 86.0. The molecule has 13 nitrogen and oxygen atoms in total. The standard InChI is InChI=1S/C18H24N4O9/c1-21-11-9(12(23)14(25)15(26)13(11)24)10(20-21)16(27)19-17(28)5-7-3-2-4-8(6-17)22(7)18(29,30)31/h7-8,23-26,28-31H,2-6H2,1H3,(H,19,27). The lowest BCUT2D eigenvalue weighted by molar-refractivity contribution is -0.420. The monoisotopic (exact) mass is 440 g/mol. The molecular weight excluding hydrogens is 416 g/mol. The third-order valence-electron chi connectivity index (χ3n) is 6.10. The van der Waals surface area contributed by atoms with Crippen LogP contribution in [0.4, 0.5) is 0 Å². The Labute approximate surface area is 175 Å². The van der Waals surface area contributed by atoms with E-state index in [1.807, 2.05) is 0 Å². The number of aromatic nitrogens is 2. The predicted molar refractivity (Wildman–Crippen MR) is 102 cm³/mol. The summed E-state index contributed by atoms with van der Waals surface area (Å²) in [6.45, 7) is 0. The van der Waals surface area contributed by atoms with Crippen LogP contribution in [0.1, 0.15) is 42.6 Å². The fourth-order valence-electron chi connectivity index (χ4n) is 4.93. The third kappa shape index (κ3) is 3.30. The largest absolute Gasteiger partial charge is 0.504 e. The molecule has 2 aromatic rings. The minimum Gasteiger partial charge on any atom is -0.504 e. The predicted octanol–water partition coefficient (Wildman–Crippen LogP) is -1.58. The average molecular weight is 440 g/mol. The van der Waals surface area contributed by atoms with E-state index >= 15 is 0 Å². The van der Waals surface area contributed by atoms with Crippen LogP contribution in [0, 0.1) is 0 Å². The Hall–Kier alpha value is -2.84. The molecule has 0 aliphatic carbocycles. The molecule has 2 bridgehead atoms. The number of aromatic hydroxyl groups is 4. The fourth-order valence-corrected chi connectivity index (χ4v) is 4.93. The van der Waals surface area contributed by atoms with Crippen molar-refractivity contribution in [1.82, 2.24) is 20.0 Å². The molecule has 1 aromatic carbocycles. The number of nitrogens with one attached hydrogen (secondary N) is 1. The number of fused-ring (bicyclic) bond motifs is 3. The van der Waals surface area contributed by atoms with Gasteiger partial charge >= 0.3 is 6.10 Å². The van der Waals surface area contributed by atoms with Gasteiger partial charge in [0.15, 0.2) is 17.2 Å². The van der Waals surface area contributed by atoms with Crippen LogP contribution >= 0.6 is 0 Å². The third-order valence-corrected chi connectivity index (χ3v) is 6.10. The molecule has 1 aromatic heterocycles. The topological polar surface area (TPSA) is 212 Å². The van der Waals surface area contributed by atoms with Gasteiger partial charge in [0.1, 0.15) is 11.2 Å². The summed E-state index contributed by atoms with van der Waals surface area (Å²) in [7, 11) is 1.34. The molecule has 9 N–H and O–H groups in total. The highest BCUT2D eigenvalue weighted by Crippen LogP contribution is 2.49. The Morgan fingerprint density at radius 1 is 1.03 bits per heavy atom. The molecule has 1 amide bonds. The quantitative estimate of drug-likeness (QED) is 0.151. The van der Waals surface area contributed by atoms with Crippen molar-refractivity contribution in [1.29, 1.82) is 0 Å². The van der Waals surface area contributed by atoms with Gasteiger partial charge in [0.25, 0.3) is 5.91 Å². The zero-order valence-corrected chi connectivity index (χ0v) is 16.5. The van der Waals surface area contributed by atoms with Crippen molar-refractivity contribution < 1.29 is 45.6 Å². The Morgan fingerprint density at radius 2 is 1.58 bits per heavy atom. The molecule has 2 saturated heterocycles. The van der Waals surface area contributed by atoms with Gasteiger partial charge in [-0.2, -0.15) is 5.10 Å². The first-order valence-electron chi connectivity index (χ1n) is 9.67. The molecule has 13 heteroatoms. The summed E-state index contributed by atoms with van der Waals surface area (Å²) in [6.07, 6.45) is -1.65. The number of carbonyl (C=O) groups is 1.